The first-order chi connectivity index (χ1) is 12.5. The van der Waals surface area contributed by atoms with Gasteiger partial charge in [0.05, 0.1) is 21.3 Å². The zero-order chi connectivity index (χ0) is 19.2. The zero-order valence-corrected chi connectivity index (χ0v) is 18.7. The first kappa shape index (κ1) is 21.4. The maximum absolute atomic E-state index is 5.64. The molecule has 3 heteroatoms. The Kier molecular flexibility index (Phi) is 7.69. The van der Waals surface area contributed by atoms with Crippen LogP contribution >= 0.6 is 0 Å². The molecule has 2 nitrogen and oxygen atoms in total. The molecule has 1 saturated carbocycles. The standard InChI is InChI=1S/C23H38O2Si/c1-7-26(8-2,9-3)22(20-13-11-10-12-14-20)21-16-23(17-24-5,18-25-6)15-19(21)4/h10-14,19H,7-9,15-18H2,1-6H3/b22-21+. The molecule has 1 aliphatic rings. The zero-order valence-electron chi connectivity index (χ0n) is 17.7. The first-order valence-corrected chi connectivity index (χ1v) is 12.9. The highest BCUT2D eigenvalue weighted by Crippen LogP contribution is 2.51. The van der Waals surface area contributed by atoms with Crippen molar-refractivity contribution in [2.75, 3.05) is 27.4 Å². The lowest BCUT2D eigenvalue weighted by Crippen LogP contribution is -2.35. The van der Waals surface area contributed by atoms with Crippen molar-refractivity contribution in [2.45, 2.75) is 58.7 Å². The van der Waals surface area contributed by atoms with E-state index in [1.807, 2.05) is 14.2 Å². The average Bonchev–Trinajstić information content (AvgIpc) is 2.96. The van der Waals surface area contributed by atoms with Gasteiger partial charge in [0.2, 0.25) is 0 Å². The van der Waals surface area contributed by atoms with Gasteiger partial charge in [-0.3, -0.25) is 0 Å². The molecular formula is C23H38O2Si. The number of allylic oxidation sites excluding steroid dienone is 1. The molecule has 1 aromatic carbocycles. The van der Waals surface area contributed by atoms with Crippen LogP contribution in [0.25, 0.3) is 5.20 Å². The maximum atomic E-state index is 5.64. The van der Waals surface area contributed by atoms with Crippen LogP contribution in [0.1, 0.15) is 46.1 Å². The Morgan fingerprint density at radius 2 is 1.54 bits per heavy atom. The summed E-state index contributed by atoms with van der Waals surface area (Å²) in [7, 11) is 2.14. The Bertz CT molecular complexity index is 575. The van der Waals surface area contributed by atoms with Gasteiger partial charge in [0.15, 0.2) is 0 Å². The fraction of sp³-hybridized carbons (Fsp3) is 0.652. The summed E-state index contributed by atoms with van der Waals surface area (Å²) in [6.45, 7) is 11.2. The van der Waals surface area contributed by atoms with E-state index in [1.54, 1.807) is 10.8 Å². The third-order valence-electron chi connectivity index (χ3n) is 6.74. The Morgan fingerprint density at radius 3 is 2.00 bits per heavy atom. The molecule has 0 bridgehead atoms. The summed E-state index contributed by atoms with van der Waals surface area (Å²) in [4.78, 5) is 0. The summed E-state index contributed by atoms with van der Waals surface area (Å²) in [6.07, 6.45) is 2.29. The Balaban J connectivity index is 2.63. The van der Waals surface area contributed by atoms with Gasteiger partial charge < -0.3 is 9.47 Å². The van der Waals surface area contributed by atoms with Crippen molar-refractivity contribution < 1.29 is 9.47 Å². The van der Waals surface area contributed by atoms with E-state index in [2.05, 4.69) is 58.0 Å². The van der Waals surface area contributed by atoms with Crippen molar-refractivity contribution in [3.8, 4) is 0 Å². The highest BCUT2D eigenvalue weighted by atomic mass is 28.3. The summed E-state index contributed by atoms with van der Waals surface area (Å²) in [6, 6.07) is 15.2. The molecule has 0 heterocycles. The Hall–Kier alpha value is -0.903. The molecule has 1 unspecified atom stereocenters. The van der Waals surface area contributed by atoms with Gasteiger partial charge in [0, 0.05) is 19.6 Å². The van der Waals surface area contributed by atoms with Gasteiger partial charge in [-0.25, -0.2) is 0 Å². The predicted octanol–water partition coefficient (Wildman–Crippen LogP) is 6.20. The van der Waals surface area contributed by atoms with Crippen LogP contribution in [0.15, 0.2) is 35.9 Å². The van der Waals surface area contributed by atoms with Crippen molar-refractivity contribution in [3.63, 3.8) is 0 Å². The van der Waals surface area contributed by atoms with Gasteiger partial charge >= 0.3 is 0 Å². The molecule has 0 aromatic heterocycles. The second-order valence-corrected chi connectivity index (χ2v) is 13.4. The molecule has 1 aliphatic carbocycles. The number of benzene rings is 1. The molecule has 0 radical (unpaired) electrons. The van der Waals surface area contributed by atoms with Crippen molar-refractivity contribution in [3.05, 3.63) is 41.5 Å². The fourth-order valence-corrected chi connectivity index (χ4v) is 9.70. The third-order valence-corrected chi connectivity index (χ3v) is 12.5. The molecule has 0 amide bonds. The lowest BCUT2D eigenvalue weighted by molar-refractivity contribution is 0.0136. The van der Waals surface area contributed by atoms with E-state index in [9.17, 15) is 0 Å². The van der Waals surface area contributed by atoms with Gasteiger partial charge in [-0.2, -0.15) is 0 Å². The highest BCUT2D eigenvalue weighted by molar-refractivity contribution is 6.96. The molecule has 1 aromatic rings. The topological polar surface area (TPSA) is 18.5 Å². The summed E-state index contributed by atoms with van der Waals surface area (Å²) in [5, 5.41) is 1.74. The van der Waals surface area contributed by atoms with Gasteiger partial charge in [0.1, 0.15) is 0 Å². The van der Waals surface area contributed by atoms with E-state index < -0.39 is 8.07 Å². The first-order valence-electron chi connectivity index (χ1n) is 10.3. The summed E-state index contributed by atoms with van der Waals surface area (Å²) in [5.41, 5.74) is 3.30. The average molecular weight is 375 g/mol. The van der Waals surface area contributed by atoms with E-state index >= 15 is 0 Å². The van der Waals surface area contributed by atoms with E-state index in [0.717, 1.165) is 19.6 Å². The van der Waals surface area contributed by atoms with E-state index in [0.29, 0.717) is 5.92 Å². The molecule has 0 aliphatic heterocycles. The SMILES string of the molecule is CC[Si](CC)(CC)/C(=C1\CC(COC)(COC)CC1C)c1ccccc1. The summed E-state index contributed by atoms with van der Waals surface area (Å²) < 4.78 is 11.3. The number of ether oxygens (including phenoxy) is 2. The summed E-state index contributed by atoms with van der Waals surface area (Å²) in [5.74, 6) is 0.604. The van der Waals surface area contributed by atoms with E-state index in [-0.39, 0.29) is 5.41 Å². The third kappa shape index (κ3) is 4.16. The van der Waals surface area contributed by atoms with Gasteiger partial charge in [-0.05, 0) is 24.3 Å². The predicted molar refractivity (Wildman–Crippen MR) is 115 cm³/mol. The second-order valence-electron chi connectivity index (χ2n) is 8.26. The van der Waals surface area contributed by atoms with Crippen molar-refractivity contribution in [1.82, 2.24) is 0 Å². The molecule has 2 rings (SSSR count). The van der Waals surface area contributed by atoms with Crippen molar-refractivity contribution in [1.29, 1.82) is 0 Å². The fourth-order valence-electron chi connectivity index (χ4n) is 5.35. The lowest BCUT2D eigenvalue weighted by Gasteiger charge is -2.35. The Morgan fingerprint density at radius 1 is 1.00 bits per heavy atom. The maximum Gasteiger partial charge on any atom is 0.0866 e. The monoisotopic (exact) mass is 374 g/mol. The Labute approximate surface area is 162 Å². The highest BCUT2D eigenvalue weighted by Gasteiger charge is 2.45. The minimum atomic E-state index is -1.50. The van der Waals surface area contributed by atoms with Crippen molar-refractivity contribution >= 4 is 13.3 Å². The van der Waals surface area contributed by atoms with Gasteiger partial charge in [0.25, 0.3) is 0 Å². The van der Waals surface area contributed by atoms with Crippen LogP contribution in [0.3, 0.4) is 0 Å². The molecule has 1 fully saturated rings. The van der Waals surface area contributed by atoms with Crippen LogP contribution in [-0.2, 0) is 9.47 Å². The van der Waals surface area contributed by atoms with Crippen LogP contribution in [0, 0.1) is 11.3 Å². The smallest absolute Gasteiger partial charge is 0.0866 e. The van der Waals surface area contributed by atoms with Crippen LogP contribution < -0.4 is 0 Å². The molecular weight excluding hydrogens is 336 g/mol. The van der Waals surface area contributed by atoms with Gasteiger partial charge in [-0.1, -0.05) is 86.9 Å². The largest absolute Gasteiger partial charge is 0.384 e. The van der Waals surface area contributed by atoms with Gasteiger partial charge in [-0.15, -0.1) is 0 Å². The van der Waals surface area contributed by atoms with Crippen LogP contribution in [-0.4, -0.2) is 35.5 Å². The van der Waals surface area contributed by atoms with E-state index in [1.165, 1.54) is 30.1 Å². The van der Waals surface area contributed by atoms with Crippen LogP contribution in [0.5, 0.6) is 0 Å². The molecule has 0 spiro atoms. The molecule has 0 N–H and O–H groups in total. The quantitative estimate of drug-likeness (QED) is 0.479. The van der Waals surface area contributed by atoms with E-state index in [4.69, 9.17) is 9.47 Å². The minimum Gasteiger partial charge on any atom is -0.384 e. The molecule has 26 heavy (non-hydrogen) atoms. The lowest BCUT2D eigenvalue weighted by atomic mass is 9.87. The van der Waals surface area contributed by atoms with Crippen LogP contribution in [0.2, 0.25) is 18.1 Å². The van der Waals surface area contributed by atoms with Crippen LogP contribution in [0.4, 0.5) is 0 Å². The minimum absolute atomic E-state index is 0.133. The molecule has 1 atom stereocenters. The molecule has 0 saturated heterocycles. The summed E-state index contributed by atoms with van der Waals surface area (Å²) >= 11 is 0. The second kappa shape index (κ2) is 9.34. The number of methoxy groups -OCH3 is 2. The molecule has 146 valence electrons. The normalized spacial score (nSPS) is 21.8. The number of hydrogen-bond acceptors (Lipinski definition) is 2. The number of rotatable bonds is 9. The van der Waals surface area contributed by atoms with Crippen molar-refractivity contribution in [2.24, 2.45) is 11.3 Å². The number of hydrogen-bond donors (Lipinski definition) is 0.